The summed E-state index contributed by atoms with van der Waals surface area (Å²) >= 11 is 0. The van der Waals surface area contributed by atoms with Crippen LogP contribution < -0.4 is 5.32 Å². The van der Waals surface area contributed by atoms with Crippen molar-refractivity contribution < 1.29 is 0 Å². The molecule has 74 valence electrons. The lowest BCUT2D eigenvalue weighted by molar-refractivity contribution is 0.342. The van der Waals surface area contributed by atoms with Crippen molar-refractivity contribution in [2.75, 3.05) is 0 Å². The highest BCUT2D eigenvalue weighted by molar-refractivity contribution is 4.72. The fraction of sp³-hybridized carbons (Fsp3) is 1.00. The molecule has 0 amide bonds. The molecule has 2 atom stereocenters. The zero-order chi connectivity index (χ0) is 9.56. The van der Waals surface area contributed by atoms with Crippen molar-refractivity contribution in [2.45, 2.75) is 66.0 Å². The van der Waals surface area contributed by atoms with Crippen LogP contribution in [0.15, 0.2) is 0 Å². The SMILES string of the molecule is CCCC(C)NC(CC)C(C)C. The van der Waals surface area contributed by atoms with Crippen molar-refractivity contribution in [3.63, 3.8) is 0 Å². The molecule has 1 heteroatoms. The average molecular weight is 171 g/mol. The van der Waals surface area contributed by atoms with Gasteiger partial charge in [-0.3, -0.25) is 0 Å². The second-order valence-electron chi connectivity index (χ2n) is 4.12. The van der Waals surface area contributed by atoms with Gasteiger partial charge in [-0.25, -0.2) is 0 Å². The molecule has 0 rings (SSSR count). The van der Waals surface area contributed by atoms with Crippen LogP contribution in [0.25, 0.3) is 0 Å². The average Bonchev–Trinajstić information content (AvgIpc) is 2.00. The van der Waals surface area contributed by atoms with E-state index in [-0.39, 0.29) is 0 Å². The molecule has 0 aromatic carbocycles. The minimum absolute atomic E-state index is 0.683. The third-order valence-corrected chi connectivity index (χ3v) is 2.46. The van der Waals surface area contributed by atoms with Crippen LogP contribution in [-0.4, -0.2) is 12.1 Å². The molecule has 0 saturated carbocycles. The van der Waals surface area contributed by atoms with Gasteiger partial charge >= 0.3 is 0 Å². The lowest BCUT2D eigenvalue weighted by Gasteiger charge is -2.25. The van der Waals surface area contributed by atoms with E-state index < -0.39 is 0 Å². The van der Waals surface area contributed by atoms with Gasteiger partial charge in [0.2, 0.25) is 0 Å². The number of hydrogen-bond acceptors (Lipinski definition) is 1. The van der Waals surface area contributed by atoms with Crippen molar-refractivity contribution in [1.29, 1.82) is 0 Å². The summed E-state index contributed by atoms with van der Waals surface area (Å²) in [5.74, 6) is 0.759. The predicted octanol–water partition coefficient (Wildman–Crippen LogP) is 3.20. The Labute approximate surface area is 77.9 Å². The Bertz CT molecular complexity index is 99.2. The van der Waals surface area contributed by atoms with Gasteiger partial charge < -0.3 is 5.32 Å². The molecule has 2 unspecified atom stereocenters. The molecule has 0 aromatic heterocycles. The van der Waals surface area contributed by atoms with Crippen LogP contribution >= 0.6 is 0 Å². The maximum atomic E-state index is 3.67. The molecule has 0 bridgehead atoms. The topological polar surface area (TPSA) is 12.0 Å². The van der Waals surface area contributed by atoms with Gasteiger partial charge in [-0.1, -0.05) is 34.1 Å². The normalized spacial score (nSPS) is 16.5. The Hall–Kier alpha value is -0.0400. The van der Waals surface area contributed by atoms with Gasteiger partial charge in [0.05, 0.1) is 0 Å². The van der Waals surface area contributed by atoms with Crippen molar-refractivity contribution in [3.8, 4) is 0 Å². The largest absolute Gasteiger partial charge is 0.311 e. The fourth-order valence-electron chi connectivity index (χ4n) is 1.66. The summed E-state index contributed by atoms with van der Waals surface area (Å²) in [6.07, 6.45) is 3.82. The highest BCUT2D eigenvalue weighted by Gasteiger charge is 2.12. The van der Waals surface area contributed by atoms with Crippen LogP contribution in [0.2, 0.25) is 0 Å². The quantitative estimate of drug-likeness (QED) is 0.647. The second kappa shape index (κ2) is 6.47. The van der Waals surface area contributed by atoms with Crippen LogP contribution in [0, 0.1) is 5.92 Å². The standard InChI is InChI=1S/C11H25N/c1-6-8-10(5)12-11(7-2)9(3)4/h9-12H,6-8H2,1-5H3. The van der Waals surface area contributed by atoms with Crippen LogP contribution in [0.3, 0.4) is 0 Å². The maximum Gasteiger partial charge on any atom is 0.00899 e. The molecule has 0 aromatic rings. The van der Waals surface area contributed by atoms with E-state index in [1.807, 2.05) is 0 Å². The Kier molecular flexibility index (Phi) is 6.45. The number of rotatable bonds is 6. The minimum Gasteiger partial charge on any atom is -0.311 e. The summed E-state index contributed by atoms with van der Waals surface area (Å²) < 4.78 is 0. The summed E-state index contributed by atoms with van der Waals surface area (Å²) in [5, 5.41) is 3.67. The van der Waals surface area contributed by atoms with Crippen molar-refractivity contribution in [3.05, 3.63) is 0 Å². The van der Waals surface area contributed by atoms with Crippen LogP contribution in [0.5, 0.6) is 0 Å². The van der Waals surface area contributed by atoms with Gasteiger partial charge in [-0.05, 0) is 25.7 Å². The monoisotopic (exact) mass is 171 g/mol. The van der Waals surface area contributed by atoms with Gasteiger partial charge in [-0.2, -0.15) is 0 Å². The third-order valence-electron chi connectivity index (χ3n) is 2.46. The van der Waals surface area contributed by atoms with Crippen molar-refractivity contribution >= 4 is 0 Å². The van der Waals surface area contributed by atoms with Gasteiger partial charge in [0.1, 0.15) is 0 Å². The van der Waals surface area contributed by atoms with E-state index in [0.29, 0.717) is 12.1 Å². The zero-order valence-corrected chi connectivity index (χ0v) is 9.35. The Balaban J connectivity index is 3.69. The highest BCUT2D eigenvalue weighted by atomic mass is 14.9. The molecule has 0 heterocycles. The summed E-state index contributed by atoms with van der Waals surface area (Å²) in [7, 11) is 0. The zero-order valence-electron chi connectivity index (χ0n) is 9.35. The summed E-state index contributed by atoms with van der Waals surface area (Å²) in [4.78, 5) is 0. The van der Waals surface area contributed by atoms with E-state index in [4.69, 9.17) is 0 Å². The van der Waals surface area contributed by atoms with Crippen LogP contribution in [0.4, 0.5) is 0 Å². The van der Waals surface area contributed by atoms with Crippen LogP contribution in [-0.2, 0) is 0 Å². The molecule has 1 N–H and O–H groups in total. The second-order valence-corrected chi connectivity index (χ2v) is 4.12. The van der Waals surface area contributed by atoms with Gasteiger partial charge in [0.15, 0.2) is 0 Å². The first-order valence-electron chi connectivity index (χ1n) is 5.37. The first kappa shape index (κ1) is 12.0. The molecule has 0 saturated heterocycles. The molecule has 0 aliphatic rings. The van der Waals surface area contributed by atoms with Crippen molar-refractivity contribution in [2.24, 2.45) is 5.92 Å². The Morgan fingerprint density at radius 3 is 2.00 bits per heavy atom. The number of nitrogens with one attached hydrogen (secondary N) is 1. The van der Waals surface area contributed by atoms with E-state index >= 15 is 0 Å². The van der Waals surface area contributed by atoms with Gasteiger partial charge in [0, 0.05) is 12.1 Å². The molecule has 0 spiro atoms. The molecule has 0 radical (unpaired) electrons. The third kappa shape index (κ3) is 4.76. The first-order valence-corrected chi connectivity index (χ1v) is 5.37. The van der Waals surface area contributed by atoms with Crippen molar-refractivity contribution in [1.82, 2.24) is 5.32 Å². The Morgan fingerprint density at radius 1 is 1.08 bits per heavy atom. The maximum absolute atomic E-state index is 3.67. The summed E-state index contributed by atoms with van der Waals surface area (Å²) in [6, 6.07) is 1.38. The molecular formula is C11H25N. The molecule has 12 heavy (non-hydrogen) atoms. The molecule has 0 fully saturated rings. The fourth-order valence-corrected chi connectivity index (χ4v) is 1.66. The lowest BCUT2D eigenvalue weighted by atomic mass is 10.0. The summed E-state index contributed by atoms with van der Waals surface area (Å²) in [5.41, 5.74) is 0. The molecule has 0 aliphatic carbocycles. The van der Waals surface area contributed by atoms with E-state index in [1.54, 1.807) is 0 Å². The van der Waals surface area contributed by atoms with E-state index in [0.717, 1.165) is 5.92 Å². The first-order chi connectivity index (χ1) is 5.61. The number of hydrogen-bond donors (Lipinski definition) is 1. The highest BCUT2D eigenvalue weighted by Crippen LogP contribution is 2.08. The summed E-state index contributed by atoms with van der Waals surface area (Å²) in [6.45, 7) is 11.4. The van der Waals surface area contributed by atoms with Gasteiger partial charge in [-0.15, -0.1) is 0 Å². The molecule has 0 aliphatic heterocycles. The minimum atomic E-state index is 0.683. The lowest BCUT2D eigenvalue weighted by Crippen LogP contribution is -2.39. The Morgan fingerprint density at radius 2 is 1.67 bits per heavy atom. The predicted molar refractivity (Wildman–Crippen MR) is 56.4 cm³/mol. The molecular weight excluding hydrogens is 146 g/mol. The van der Waals surface area contributed by atoms with E-state index in [2.05, 4.69) is 39.9 Å². The smallest absolute Gasteiger partial charge is 0.00899 e. The van der Waals surface area contributed by atoms with Gasteiger partial charge in [0.25, 0.3) is 0 Å². The molecule has 1 nitrogen and oxygen atoms in total. The van der Waals surface area contributed by atoms with Crippen LogP contribution in [0.1, 0.15) is 53.9 Å². The van der Waals surface area contributed by atoms with E-state index in [9.17, 15) is 0 Å². The van der Waals surface area contributed by atoms with E-state index in [1.165, 1.54) is 19.3 Å².